The summed E-state index contributed by atoms with van der Waals surface area (Å²) < 4.78 is 23.1. The number of nitrogens with one attached hydrogen (secondary N) is 1. The summed E-state index contributed by atoms with van der Waals surface area (Å²) in [6.07, 6.45) is 2.75. The van der Waals surface area contributed by atoms with E-state index in [9.17, 15) is 13.2 Å². The number of nitrogens with zero attached hydrogens (tertiary/aromatic N) is 1. The minimum absolute atomic E-state index is 0.00837. The number of fused-ring (bicyclic) bond motifs is 2. The van der Waals surface area contributed by atoms with Gasteiger partial charge in [0.25, 0.3) is 0 Å². The highest BCUT2D eigenvalue weighted by molar-refractivity contribution is 7.89. The molecule has 1 aliphatic carbocycles. The van der Waals surface area contributed by atoms with E-state index >= 15 is 0 Å². The Bertz CT molecular complexity index is 1060. The monoisotopic (exact) mass is 413 g/mol. The fourth-order valence-corrected chi connectivity index (χ4v) is 5.12. The molecule has 0 radical (unpaired) electrons. The van der Waals surface area contributed by atoms with Gasteiger partial charge in [-0.1, -0.05) is 38.1 Å². The molecule has 6 nitrogen and oxygen atoms in total. The third-order valence-electron chi connectivity index (χ3n) is 6.22. The average molecular weight is 414 g/mol. The van der Waals surface area contributed by atoms with Gasteiger partial charge in [0.1, 0.15) is 0 Å². The van der Waals surface area contributed by atoms with Crippen LogP contribution in [-0.2, 0) is 27.7 Å². The summed E-state index contributed by atoms with van der Waals surface area (Å²) in [4.78, 5) is 14.8. The van der Waals surface area contributed by atoms with Crippen molar-refractivity contribution in [3.8, 4) is 0 Å². The molecular formula is C22H27N3O3S. The molecule has 0 unspecified atom stereocenters. The average Bonchev–Trinajstić information content (AvgIpc) is 3.09. The van der Waals surface area contributed by atoms with Gasteiger partial charge in [-0.05, 0) is 59.6 Å². The number of sulfonamides is 1. The molecule has 4 rings (SSSR count). The molecule has 2 aliphatic rings. The van der Waals surface area contributed by atoms with Crippen LogP contribution in [0, 0.1) is 5.41 Å². The minimum Gasteiger partial charge on any atom is -0.311 e. The van der Waals surface area contributed by atoms with Crippen LogP contribution in [0.15, 0.2) is 47.4 Å². The highest BCUT2D eigenvalue weighted by atomic mass is 32.2. The van der Waals surface area contributed by atoms with Crippen molar-refractivity contribution in [1.82, 2.24) is 5.32 Å². The van der Waals surface area contributed by atoms with E-state index in [-0.39, 0.29) is 28.8 Å². The Labute approximate surface area is 172 Å². The second-order valence-electron chi connectivity index (χ2n) is 8.63. The van der Waals surface area contributed by atoms with Gasteiger partial charge in [-0.2, -0.15) is 0 Å². The van der Waals surface area contributed by atoms with Crippen LogP contribution in [0.25, 0.3) is 0 Å². The topological polar surface area (TPSA) is 92.5 Å². The molecule has 3 N–H and O–H groups in total. The van der Waals surface area contributed by atoms with Crippen LogP contribution in [-0.4, -0.2) is 27.4 Å². The van der Waals surface area contributed by atoms with Crippen molar-refractivity contribution >= 4 is 21.6 Å². The summed E-state index contributed by atoms with van der Waals surface area (Å²) in [6, 6.07) is 13.3. The maximum Gasteiger partial charge on any atom is 0.240 e. The largest absolute Gasteiger partial charge is 0.311 e. The van der Waals surface area contributed by atoms with E-state index in [1.165, 1.54) is 17.2 Å². The molecule has 0 spiro atoms. The molecule has 0 bridgehead atoms. The number of aryl methyl sites for hydroxylation is 1. The molecule has 2 aromatic carbocycles. The molecule has 7 heteroatoms. The molecule has 29 heavy (non-hydrogen) atoms. The van der Waals surface area contributed by atoms with Crippen molar-refractivity contribution in [3.63, 3.8) is 0 Å². The second-order valence-corrected chi connectivity index (χ2v) is 10.2. The van der Waals surface area contributed by atoms with Crippen LogP contribution in [0.3, 0.4) is 0 Å². The Kier molecular flexibility index (Phi) is 5.01. The molecule has 0 saturated heterocycles. The Morgan fingerprint density at radius 1 is 1.17 bits per heavy atom. The predicted octanol–water partition coefficient (Wildman–Crippen LogP) is 2.53. The van der Waals surface area contributed by atoms with Crippen LogP contribution in [0.4, 0.5) is 5.69 Å². The number of primary sulfonamides is 1. The first-order chi connectivity index (χ1) is 13.7. The van der Waals surface area contributed by atoms with Crippen LogP contribution < -0.4 is 15.4 Å². The van der Waals surface area contributed by atoms with E-state index in [2.05, 4.69) is 43.4 Å². The van der Waals surface area contributed by atoms with Crippen LogP contribution >= 0.6 is 0 Å². The van der Waals surface area contributed by atoms with Crippen molar-refractivity contribution in [2.45, 2.75) is 44.0 Å². The normalized spacial score (nSPS) is 20.2. The third-order valence-corrected chi connectivity index (χ3v) is 7.13. The van der Waals surface area contributed by atoms with Crippen molar-refractivity contribution in [2.24, 2.45) is 10.6 Å². The van der Waals surface area contributed by atoms with E-state index in [0.717, 1.165) is 24.1 Å². The number of rotatable bonds is 4. The smallest absolute Gasteiger partial charge is 0.240 e. The number of hydrogen-bond acceptors (Lipinski definition) is 4. The number of hydrogen-bond donors (Lipinski definition) is 2. The summed E-state index contributed by atoms with van der Waals surface area (Å²) in [7, 11) is -3.74. The fraction of sp³-hybridized carbons (Fsp3) is 0.409. The van der Waals surface area contributed by atoms with Crippen LogP contribution in [0.1, 0.15) is 43.0 Å². The maximum atomic E-state index is 13.0. The van der Waals surface area contributed by atoms with Crippen molar-refractivity contribution in [3.05, 3.63) is 59.2 Å². The van der Waals surface area contributed by atoms with Gasteiger partial charge >= 0.3 is 0 Å². The summed E-state index contributed by atoms with van der Waals surface area (Å²) in [5.74, 6) is -0.00837. The lowest BCUT2D eigenvalue weighted by Crippen LogP contribution is -2.44. The maximum absolute atomic E-state index is 13.0. The quantitative estimate of drug-likeness (QED) is 0.806. The summed E-state index contributed by atoms with van der Waals surface area (Å²) in [5, 5.41) is 8.73. The Hall–Kier alpha value is -2.22. The zero-order valence-electron chi connectivity index (χ0n) is 16.8. The van der Waals surface area contributed by atoms with Gasteiger partial charge in [-0.15, -0.1) is 0 Å². The molecular weight excluding hydrogens is 386 g/mol. The molecule has 1 amide bonds. The second kappa shape index (κ2) is 7.23. The van der Waals surface area contributed by atoms with Crippen molar-refractivity contribution in [1.29, 1.82) is 0 Å². The fourth-order valence-electron chi connectivity index (χ4n) is 4.55. The zero-order chi connectivity index (χ0) is 20.8. The Morgan fingerprint density at radius 3 is 2.69 bits per heavy atom. The summed E-state index contributed by atoms with van der Waals surface area (Å²) >= 11 is 0. The van der Waals surface area contributed by atoms with Gasteiger partial charge < -0.3 is 10.2 Å². The van der Waals surface area contributed by atoms with E-state index < -0.39 is 10.0 Å². The van der Waals surface area contributed by atoms with Crippen molar-refractivity contribution in [2.75, 3.05) is 18.0 Å². The van der Waals surface area contributed by atoms with Crippen LogP contribution in [0.5, 0.6) is 0 Å². The molecule has 1 heterocycles. The Balaban J connectivity index is 1.51. The molecule has 154 valence electrons. The molecule has 1 aliphatic heterocycles. The van der Waals surface area contributed by atoms with Gasteiger partial charge in [-0.3, -0.25) is 4.79 Å². The SMILES string of the molecule is CC1(C)CCc2ccccc2[C@@H]1NCC(=O)N1CCc2cc(S(N)(=O)=O)ccc21. The molecule has 0 saturated carbocycles. The summed E-state index contributed by atoms with van der Waals surface area (Å²) in [5.41, 5.74) is 4.29. The van der Waals surface area contributed by atoms with Gasteiger partial charge in [-0.25, -0.2) is 13.6 Å². The first-order valence-corrected chi connectivity index (χ1v) is 11.5. The standard InChI is InChI=1S/C22H27N3O3S/c1-22(2)11-9-15-5-3-4-6-18(15)21(22)24-14-20(26)25-12-10-16-13-17(29(23,27)28)7-8-19(16)25/h3-8,13,21,24H,9-12,14H2,1-2H3,(H2,23,27,28)/t21-/m0/s1. The van der Waals surface area contributed by atoms with Crippen molar-refractivity contribution < 1.29 is 13.2 Å². The molecule has 0 aromatic heterocycles. The molecule has 2 aromatic rings. The third kappa shape index (κ3) is 3.82. The highest BCUT2D eigenvalue weighted by Crippen LogP contribution is 2.43. The number of amides is 1. The summed E-state index contributed by atoms with van der Waals surface area (Å²) in [6.45, 7) is 5.27. The number of anilines is 1. The lowest BCUT2D eigenvalue weighted by Gasteiger charge is -2.40. The number of nitrogens with two attached hydrogens (primary N) is 1. The highest BCUT2D eigenvalue weighted by Gasteiger charge is 2.36. The van der Waals surface area contributed by atoms with E-state index in [4.69, 9.17) is 5.14 Å². The van der Waals surface area contributed by atoms with E-state index in [1.807, 2.05) is 0 Å². The van der Waals surface area contributed by atoms with Gasteiger partial charge in [0.2, 0.25) is 15.9 Å². The minimum atomic E-state index is -3.74. The van der Waals surface area contributed by atoms with Gasteiger partial charge in [0.15, 0.2) is 0 Å². The van der Waals surface area contributed by atoms with Gasteiger partial charge in [0.05, 0.1) is 11.4 Å². The molecule has 0 fully saturated rings. The number of benzene rings is 2. The van der Waals surface area contributed by atoms with Crippen LogP contribution in [0.2, 0.25) is 0 Å². The molecule has 1 atom stereocenters. The lowest BCUT2D eigenvalue weighted by molar-refractivity contribution is -0.118. The first kappa shape index (κ1) is 20.1. The predicted molar refractivity (Wildman–Crippen MR) is 113 cm³/mol. The van der Waals surface area contributed by atoms with E-state index in [1.54, 1.807) is 17.0 Å². The first-order valence-electron chi connectivity index (χ1n) is 9.94. The zero-order valence-corrected chi connectivity index (χ0v) is 17.6. The lowest BCUT2D eigenvalue weighted by atomic mass is 9.70. The van der Waals surface area contributed by atoms with E-state index in [0.29, 0.717) is 13.0 Å². The number of carbonyl (C=O) groups excluding carboxylic acids is 1. The number of carbonyl (C=O) groups is 1. The van der Waals surface area contributed by atoms with Gasteiger partial charge in [0, 0.05) is 18.3 Å². The Morgan fingerprint density at radius 2 is 1.93 bits per heavy atom.